The van der Waals surface area contributed by atoms with Crippen LogP contribution in [-0.4, -0.2) is 11.7 Å². The molecule has 4 heteroatoms. The zero-order valence-electron chi connectivity index (χ0n) is 13.7. The van der Waals surface area contributed by atoms with Gasteiger partial charge < -0.3 is 0 Å². The maximum absolute atomic E-state index is 13.5. The van der Waals surface area contributed by atoms with Gasteiger partial charge in [-0.3, -0.25) is 4.79 Å². The summed E-state index contributed by atoms with van der Waals surface area (Å²) in [6, 6.07) is 15.1. The average Bonchev–Trinajstić information content (AvgIpc) is 2.90. The highest BCUT2D eigenvalue weighted by Crippen LogP contribution is 2.51. The van der Waals surface area contributed by atoms with Crippen LogP contribution in [0.4, 0.5) is 8.78 Å². The smallest absolute Gasteiger partial charge is 0.248 e. The Labute approximate surface area is 145 Å². The Hall–Kier alpha value is -2.54. The van der Waals surface area contributed by atoms with Crippen LogP contribution < -0.4 is 0 Å². The summed E-state index contributed by atoms with van der Waals surface area (Å²) in [5.74, 6) is -2.63. The number of fused-ring (bicyclic) bond motifs is 1. The topological polar surface area (TPSA) is 40.9 Å². The maximum atomic E-state index is 13.5. The largest absolute Gasteiger partial charge is 0.294 e. The fraction of sp³-hybridized carbons (Fsp3) is 0.333. The van der Waals surface area contributed by atoms with Gasteiger partial charge >= 0.3 is 0 Å². The fourth-order valence-corrected chi connectivity index (χ4v) is 4.12. The van der Waals surface area contributed by atoms with E-state index in [0.717, 1.165) is 16.7 Å². The highest BCUT2D eigenvalue weighted by atomic mass is 19.3. The molecule has 0 heterocycles. The Bertz CT molecular complexity index is 900. The summed E-state index contributed by atoms with van der Waals surface area (Å²) in [6.45, 7) is 0. The minimum absolute atomic E-state index is 0.0105. The Morgan fingerprint density at radius 2 is 1.68 bits per heavy atom. The molecule has 0 bridgehead atoms. The third-order valence-electron chi connectivity index (χ3n) is 5.63. The number of nitriles is 1. The van der Waals surface area contributed by atoms with Crippen molar-refractivity contribution in [3.05, 3.63) is 59.2 Å². The van der Waals surface area contributed by atoms with Crippen LogP contribution in [0, 0.1) is 16.7 Å². The van der Waals surface area contributed by atoms with E-state index in [1.54, 1.807) is 12.1 Å². The number of hydrogen-bond acceptors (Lipinski definition) is 2. The van der Waals surface area contributed by atoms with Crippen molar-refractivity contribution in [3.8, 4) is 17.2 Å². The zero-order chi connectivity index (χ0) is 17.7. The molecule has 1 fully saturated rings. The van der Waals surface area contributed by atoms with Gasteiger partial charge in [0.05, 0.1) is 11.6 Å². The van der Waals surface area contributed by atoms with Gasteiger partial charge in [-0.1, -0.05) is 24.3 Å². The van der Waals surface area contributed by atoms with E-state index in [1.807, 2.05) is 30.3 Å². The van der Waals surface area contributed by atoms with E-state index < -0.39 is 11.3 Å². The van der Waals surface area contributed by atoms with Crippen molar-refractivity contribution >= 4 is 5.78 Å². The van der Waals surface area contributed by atoms with Crippen molar-refractivity contribution in [2.24, 2.45) is 5.41 Å². The molecular weight excluding hydrogens is 320 g/mol. The molecule has 4 rings (SSSR count). The van der Waals surface area contributed by atoms with Crippen molar-refractivity contribution in [2.45, 2.75) is 38.0 Å². The quantitative estimate of drug-likeness (QED) is 0.721. The molecule has 0 saturated heterocycles. The molecule has 2 aromatic rings. The molecule has 2 aliphatic carbocycles. The van der Waals surface area contributed by atoms with Gasteiger partial charge in [-0.2, -0.15) is 5.26 Å². The molecule has 126 valence electrons. The molecule has 0 N–H and O–H groups in total. The summed E-state index contributed by atoms with van der Waals surface area (Å²) < 4.78 is 27.0. The van der Waals surface area contributed by atoms with Crippen LogP contribution in [0.1, 0.15) is 47.2 Å². The monoisotopic (exact) mass is 337 g/mol. The summed E-state index contributed by atoms with van der Waals surface area (Å²) in [5, 5.41) is 9.05. The number of hydrogen-bond donors (Lipinski definition) is 0. The molecule has 2 aromatic carbocycles. The van der Waals surface area contributed by atoms with Crippen molar-refractivity contribution in [1.29, 1.82) is 5.26 Å². The second kappa shape index (κ2) is 5.49. The van der Waals surface area contributed by atoms with Crippen LogP contribution in [0.5, 0.6) is 0 Å². The minimum Gasteiger partial charge on any atom is -0.294 e. The lowest BCUT2D eigenvalue weighted by atomic mass is 9.70. The molecule has 0 aliphatic heterocycles. The number of carbonyl (C=O) groups is 1. The van der Waals surface area contributed by atoms with E-state index >= 15 is 0 Å². The van der Waals surface area contributed by atoms with Crippen LogP contribution in [0.3, 0.4) is 0 Å². The molecule has 2 aliphatic rings. The minimum atomic E-state index is -2.64. The van der Waals surface area contributed by atoms with E-state index in [1.165, 1.54) is 0 Å². The zero-order valence-corrected chi connectivity index (χ0v) is 13.7. The number of alkyl halides is 2. The molecule has 0 radical (unpaired) electrons. The number of benzene rings is 2. The van der Waals surface area contributed by atoms with Crippen molar-refractivity contribution < 1.29 is 13.6 Å². The second-order valence-electron chi connectivity index (χ2n) is 7.21. The van der Waals surface area contributed by atoms with Crippen molar-refractivity contribution in [1.82, 2.24) is 0 Å². The van der Waals surface area contributed by atoms with Gasteiger partial charge in [0.1, 0.15) is 0 Å². The summed E-state index contributed by atoms with van der Waals surface area (Å²) >= 11 is 0. The van der Waals surface area contributed by atoms with E-state index in [9.17, 15) is 13.6 Å². The Morgan fingerprint density at radius 1 is 0.960 bits per heavy atom. The van der Waals surface area contributed by atoms with Gasteiger partial charge in [0.25, 0.3) is 0 Å². The Morgan fingerprint density at radius 3 is 2.40 bits per heavy atom. The van der Waals surface area contributed by atoms with Crippen LogP contribution >= 0.6 is 0 Å². The average molecular weight is 337 g/mol. The van der Waals surface area contributed by atoms with Crippen LogP contribution in [0.25, 0.3) is 11.1 Å². The van der Waals surface area contributed by atoms with E-state index in [2.05, 4.69) is 6.07 Å². The lowest BCUT2D eigenvalue weighted by Gasteiger charge is -2.35. The van der Waals surface area contributed by atoms with E-state index in [4.69, 9.17) is 5.26 Å². The number of halogens is 2. The molecule has 2 nitrogen and oxygen atoms in total. The molecule has 1 spiro atoms. The molecule has 0 aromatic heterocycles. The third-order valence-corrected chi connectivity index (χ3v) is 5.63. The van der Waals surface area contributed by atoms with Gasteiger partial charge in [0.2, 0.25) is 5.92 Å². The predicted octanol–water partition coefficient (Wildman–Crippen LogP) is 5.16. The lowest BCUT2D eigenvalue weighted by Crippen LogP contribution is -2.37. The first-order chi connectivity index (χ1) is 11.9. The Kier molecular flexibility index (Phi) is 3.50. The first kappa shape index (κ1) is 16.0. The SMILES string of the molecule is N#Cc1cccc(-c2ccc3c(c2)C(=O)C2(CCC(F)(F)CC2)C3)c1. The summed E-state index contributed by atoms with van der Waals surface area (Å²) in [4.78, 5) is 13.0. The van der Waals surface area contributed by atoms with Crippen molar-refractivity contribution in [2.75, 3.05) is 0 Å². The first-order valence-corrected chi connectivity index (χ1v) is 8.49. The standard InChI is InChI=1S/C21H17F2NO/c22-21(23)8-6-20(7-9-21)12-17-5-4-16(11-18(17)19(20)25)15-3-1-2-14(10-15)13-24/h1-5,10-11H,6-9,12H2. The van der Waals surface area contributed by atoms with Crippen LogP contribution in [0.2, 0.25) is 0 Å². The number of rotatable bonds is 1. The molecule has 0 atom stereocenters. The molecule has 0 amide bonds. The van der Waals surface area contributed by atoms with Gasteiger partial charge in [0, 0.05) is 23.8 Å². The van der Waals surface area contributed by atoms with Gasteiger partial charge in [-0.05, 0) is 54.2 Å². The van der Waals surface area contributed by atoms with E-state index in [-0.39, 0.29) is 31.5 Å². The normalized spacial score (nSPS) is 20.3. The predicted molar refractivity (Wildman–Crippen MR) is 90.5 cm³/mol. The van der Waals surface area contributed by atoms with Crippen molar-refractivity contribution in [3.63, 3.8) is 0 Å². The van der Waals surface area contributed by atoms with Gasteiger partial charge in [-0.15, -0.1) is 0 Å². The number of nitrogens with zero attached hydrogens (tertiary/aromatic N) is 1. The van der Waals surface area contributed by atoms with Crippen LogP contribution in [0.15, 0.2) is 42.5 Å². The first-order valence-electron chi connectivity index (χ1n) is 8.49. The number of ketones is 1. The number of Topliss-reactive ketones (excluding diaryl/α,β-unsaturated/α-hetero) is 1. The number of carbonyl (C=O) groups excluding carboxylic acids is 1. The maximum Gasteiger partial charge on any atom is 0.248 e. The molecule has 0 unspecified atom stereocenters. The summed E-state index contributed by atoms with van der Waals surface area (Å²) in [6.07, 6.45) is 0.670. The van der Waals surface area contributed by atoms with Gasteiger partial charge in [-0.25, -0.2) is 8.78 Å². The summed E-state index contributed by atoms with van der Waals surface area (Å²) in [7, 11) is 0. The van der Waals surface area contributed by atoms with Gasteiger partial charge in [0.15, 0.2) is 5.78 Å². The van der Waals surface area contributed by atoms with E-state index in [0.29, 0.717) is 17.5 Å². The lowest BCUT2D eigenvalue weighted by molar-refractivity contribution is -0.0586. The second-order valence-corrected chi connectivity index (χ2v) is 7.21. The van der Waals surface area contributed by atoms with Crippen LogP contribution in [-0.2, 0) is 6.42 Å². The fourth-order valence-electron chi connectivity index (χ4n) is 4.12. The molecule has 25 heavy (non-hydrogen) atoms. The third kappa shape index (κ3) is 2.64. The summed E-state index contributed by atoms with van der Waals surface area (Å²) in [5.41, 5.74) is 3.29. The highest BCUT2D eigenvalue weighted by Gasteiger charge is 2.51. The molecular formula is C21H17F2NO. The highest BCUT2D eigenvalue weighted by molar-refractivity contribution is 6.05. The molecule has 1 saturated carbocycles. The Balaban J connectivity index is 1.68.